The van der Waals surface area contributed by atoms with E-state index in [0.717, 1.165) is 6.07 Å². The van der Waals surface area contributed by atoms with Gasteiger partial charge in [-0.25, -0.2) is 29.4 Å². The molecule has 0 fully saturated rings. The van der Waals surface area contributed by atoms with Crippen molar-refractivity contribution in [1.82, 2.24) is 9.97 Å². The number of benzene rings is 1. The fourth-order valence-corrected chi connectivity index (χ4v) is 5.06. The van der Waals surface area contributed by atoms with Crippen LogP contribution in [-0.2, 0) is 0 Å². The molecule has 5 rings (SSSR count). The van der Waals surface area contributed by atoms with Gasteiger partial charge in [-0.15, -0.1) is 0 Å². The maximum atomic E-state index is 16.8. The van der Waals surface area contributed by atoms with Crippen molar-refractivity contribution in [3.63, 3.8) is 0 Å². The third-order valence-electron chi connectivity index (χ3n) is 6.51. The molecule has 200 valence electrons. The van der Waals surface area contributed by atoms with Gasteiger partial charge >= 0.3 is 0 Å². The summed E-state index contributed by atoms with van der Waals surface area (Å²) in [5.74, 6) is -6.57. The van der Waals surface area contributed by atoms with E-state index in [4.69, 9.17) is 19.7 Å². The lowest BCUT2D eigenvalue weighted by molar-refractivity contribution is 0.511. The molecule has 0 unspecified atom stereocenters. The first kappa shape index (κ1) is 27.6. The van der Waals surface area contributed by atoms with Crippen LogP contribution in [0.4, 0.5) is 22.0 Å². The number of fused-ring (bicyclic) bond motifs is 2. The van der Waals surface area contributed by atoms with E-state index in [0.29, 0.717) is 24.3 Å². The molecule has 2 aliphatic rings. The molecule has 8 nitrogen and oxygen atoms in total. The summed E-state index contributed by atoms with van der Waals surface area (Å²) in [6, 6.07) is 8.93. The third kappa shape index (κ3) is 4.07. The lowest BCUT2D eigenvalue weighted by Gasteiger charge is -2.13. The van der Waals surface area contributed by atoms with Gasteiger partial charge in [0.15, 0.2) is 0 Å². The summed E-state index contributed by atoms with van der Waals surface area (Å²) in [7, 11) is 0. The van der Waals surface area contributed by atoms with Crippen LogP contribution in [0.1, 0.15) is 33.4 Å². The zero-order valence-corrected chi connectivity index (χ0v) is 20.9. The maximum Gasteiger partial charge on any atom is 0.270 e. The molecule has 43 heavy (non-hydrogen) atoms. The molecular formula is C30H5F5N8. The van der Waals surface area contributed by atoms with Gasteiger partial charge in [-0.2, -0.15) is 32.8 Å². The van der Waals surface area contributed by atoms with Gasteiger partial charge in [-0.05, 0) is 51.6 Å². The Hall–Kier alpha value is -6.93. The number of aromatic nitrogens is 2. The Morgan fingerprint density at radius 1 is 0.651 bits per heavy atom. The second-order valence-corrected chi connectivity index (χ2v) is 8.63. The molecule has 0 saturated carbocycles. The first-order chi connectivity index (χ1) is 20.6. The minimum Gasteiger partial charge on any atom is -0.237 e. The number of allylic oxidation sites excluding steroid dienone is 7. The molecule has 0 N–H and O–H groups in total. The molecule has 0 bridgehead atoms. The molecule has 0 spiro atoms. The lowest BCUT2D eigenvalue weighted by atomic mass is 9.91. The average molecular weight is 572 g/mol. The smallest absolute Gasteiger partial charge is 0.237 e. The van der Waals surface area contributed by atoms with Gasteiger partial charge in [-0.1, -0.05) is 0 Å². The van der Waals surface area contributed by atoms with Crippen molar-refractivity contribution in [2.45, 2.75) is 0 Å². The molecule has 13 heteroatoms. The highest BCUT2D eigenvalue weighted by atomic mass is 19.2. The summed E-state index contributed by atoms with van der Waals surface area (Å²) in [4.78, 5) is 15.5. The maximum absolute atomic E-state index is 16.8. The standard InChI is InChI=1S/C30H5F5N8/c1-39-17(10-37)25-15-8-14-16(9-36)23(12-4-19(31)42-20(32)5-12)28(18(11-38)40-2)26(14)29(35)27(15)30(41-3)24(25)13-6-21(33)43-22(34)7-13/h4-8H/b25-17-,28-18-. The predicted molar refractivity (Wildman–Crippen MR) is 139 cm³/mol. The van der Waals surface area contributed by atoms with Crippen molar-refractivity contribution in [2.75, 3.05) is 0 Å². The summed E-state index contributed by atoms with van der Waals surface area (Å²) in [5, 5.41) is 29.6. The number of halogens is 5. The molecule has 3 aromatic rings. The monoisotopic (exact) mass is 572 g/mol. The van der Waals surface area contributed by atoms with Gasteiger partial charge in [-0.3, -0.25) is 0 Å². The van der Waals surface area contributed by atoms with Crippen molar-refractivity contribution < 1.29 is 22.0 Å². The Bertz CT molecular complexity index is 2180. The van der Waals surface area contributed by atoms with Crippen LogP contribution in [0, 0.1) is 83.3 Å². The normalized spacial score (nSPS) is 15.3. The van der Waals surface area contributed by atoms with E-state index in [-0.39, 0.29) is 39.0 Å². The number of hydrogen-bond acceptors (Lipinski definition) is 5. The predicted octanol–water partition coefficient (Wildman–Crippen LogP) is 6.73. The zero-order valence-electron chi connectivity index (χ0n) is 20.9. The van der Waals surface area contributed by atoms with Crippen LogP contribution in [0.15, 0.2) is 41.7 Å². The van der Waals surface area contributed by atoms with Crippen LogP contribution in [0.3, 0.4) is 0 Å². The van der Waals surface area contributed by atoms with Gasteiger partial charge in [0, 0.05) is 34.4 Å². The quantitative estimate of drug-likeness (QED) is 0.146. The molecule has 0 radical (unpaired) electrons. The summed E-state index contributed by atoms with van der Waals surface area (Å²) < 4.78 is 73.4. The van der Waals surface area contributed by atoms with E-state index >= 15 is 4.39 Å². The summed E-state index contributed by atoms with van der Waals surface area (Å²) >= 11 is 0. The van der Waals surface area contributed by atoms with Gasteiger partial charge in [0.25, 0.3) is 11.4 Å². The largest absolute Gasteiger partial charge is 0.270 e. The molecule has 2 aromatic heterocycles. The Morgan fingerprint density at radius 3 is 1.58 bits per heavy atom. The van der Waals surface area contributed by atoms with Gasteiger partial charge in [0.1, 0.15) is 11.9 Å². The van der Waals surface area contributed by atoms with E-state index in [1.54, 1.807) is 18.2 Å². The highest BCUT2D eigenvalue weighted by Gasteiger charge is 2.40. The van der Waals surface area contributed by atoms with Crippen molar-refractivity contribution in [2.24, 2.45) is 0 Å². The minimum absolute atomic E-state index is 0.288. The fraction of sp³-hybridized carbons (Fsp3) is 0. The molecule has 0 amide bonds. The second kappa shape index (κ2) is 10.2. The molecule has 0 atom stereocenters. The highest BCUT2D eigenvalue weighted by molar-refractivity contribution is 6.29. The molecule has 0 saturated heterocycles. The molecule has 2 heterocycles. The Morgan fingerprint density at radius 2 is 1.14 bits per heavy atom. The number of nitrogens with zero attached hydrogens (tertiary/aromatic N) is 8. The van der Waals surface area contributed by atoms with Crippen molar-refractivity contribution in [3.8, 4) is 18.2 Å². The van der Waals surface area contributed by atoms with Gasteiger partial charge in [0.05, 0.1) is 37.4 Å². The zero-order chi connectivity index (χ0) is 31.2. The molecule has 0 aliphatic heterocycles. The van der Waals surface area contributed by atoms with Crippen LogP contribution in [0.5, 0.6) is 0 Å². The Kier molecular flexibility index (Phi) is 6.58. The SMILES string of the molecule is [C-]#[N+]C1=C(c2cc(F)nc(F)c2)/C(=C(/C#N)[N+]#[C-])c2cc3c(c(F)c21)/C(=C(/C#N)[N+]#[C-])C(c1cc(F)nc(F)c1)=C3C#N. The lowest BCUT2D eigenvalue weighted by Crippen LogP contribution is -2.00. The number of rotatable bonds is 2. The number of pyridine rings is 2. The first-order valence-electron chi connectivity index (χ1n) is 11.5. The van der Waals surface area contributed by atoms with E-state index < -0.39 is 69.0 Å². The fourth-order valence-electron chi connectivity index (χ4n) is 5.06. The molecule has 1 aromatic carbocycles. The van der Waals surface area contributed by atoms with E-state index in [9.17, 15) is 33.3 Å². The topological polar surface area (TPSA) is 110 Å². The second-order valence-electron chi connectivity index (χ2n) is 8.63. The minimum atomic E-state index is -1.32. The Labute approximate surface area is 238 Å². The summed E-state index contributed by atoms with van der Waals surface area (Å²) in [5.41, 5.74) is -6.53. The van der Waals surface area contributed by atoms with Crippen molar-refractivity contribution in [1.29, 1.82) is 15.8 Å². The van der Waals surface area contributed by atoms with Crippen LogP contribution >= 0.6 is 0 Å². The van der Waals surface area contributed by atoms with Crippen LogP contribution in [0.2, 0.25) is 0 Å². The van der Waals surface area contributed by atoms with Gasteiger partial charge in [0.2, 0.25) is 29.5 Å². The third-order valence-corrected chi connectivity index (χ3v) is 6.51. The highest BCUT2D eigenvalue weighted by Crippen LogP contribution is 2.56. The number of hydrogen-bond donors (Lipinski definition) is 0. The van der Waals surface area contributed by atoms with Crippen molar-refractivity contribution in [3.05, 3.63) is 139 Å². The van der Waals surface area contributed by atoms with E-state index in [1.807, 2.05) is 0 Å². The van der Waals surface area contributed by atoms with Crippen LogP contribution < -0.4 is 0 Å². The van der Waals surface area contributed by atoms with Crippen LogP contribution in [0.25, 0.3) is 48.1 Å². The van der Waals surface area contributed by atoms with Gasteiger partial charge < -0.3 is 0 Å². The average Bonchev–Trinajstić information content (AvgIpc) is 3.47. The summed E-state index contributed by atoms with van der Waals surface area (Å²) in [6.45, 7) is 22.8. The summed E-state index contributed by atoms with van der Waals surface area (Å²) in [6.07, 6.45) is 0. The molecule has 2 aliphatic carbocycles. The van der Waals surface area contributed by atoms with E-state index in [2.05, 4.69) is 24.5 Å². The van der Waals surface area contributed by atoms with Crippen molar-refractivity contribution >= 4 is 33.6 Å². The first-order valence-corrected chi connectivity index (χ1v) is 11.5. The Balaban J connectivity index is 2.00. The number of nitriles is 3. The van der Waals surface area contributed by atoms with E-state index in [1.165, 1.54) is 0 Å². The van der Waals surface area contributed by atoms with Crippen LogP contribution in [-0.4, -0.2) is 9.97 Å². The molecular weight excluding hydrogens is 567 g/mol.